The number of hydrogen-bond donors (Lipinski definition) is 1. The summed E-state index contributed by atoms with van der Waals surface area (Å²) < 4.78 is 1.94. The molecule has 3 atom stereocenters. The molecule has 1 heterocycles. The standard InChI is InChI=1S/C10H18N4/c1-3-4-14-9(6-12-13-14)10(11)8-5-7(8)2/h6-8,10H,3-5,11H2,1-2H3. The second kappa shape index (κ2) is 3.69. The zero-order chi connectivity index (χ0) is 10.1. The summed E-state index contributed by atoms with van der Waals surface area (Å²) >= 11 is 0. The van der Waals surface area contributed by atoms with Gasteiger partial charge < -0.3 is 5.73 Å². The molecule has 0 aliphatic heterocycles. The van der Waals surface area contributed by atoms with Crippen LogP contribution in [0.4, 0.5) is 0 Å². The molecule has 2 N–H and O–H groups in total. The average molecular weight is 194 g/mol. The van der Waals surface area contributed by atoms with Gasteiger partial charge in [0, 0.05) is 6.54 Å². The third kappa shape index (κ3) is 1.66. The van der Waals surface area contributed by atoms with Crippen LogP contribution in [0.2, 0.25) is 0 Å². The molecule has 0 amide bonds. The van der Waals surface area contributed by atoms with Crippen LogP contribution in [0.25, 0.3) is 0 Å². The molecule has 14 heavy (non-hydrogen) atoms. The molecule has 0 radical (unpaired) electrons. The Labute approximate surface area is 84.5 Å². The van der Waals surface area contributed by atoms with Crippen LogP contribution in [-0.2, 0) is 6.54 Å². The first kappa shape index (κ1) is 9.65. The van der Waals surface area contributed by atoms with Gasteiger partial charge in [-0.3, -0.25) is 0 Å². The molecule has 0 aromatic carbocycles. The largest absolute Gasteiger partial charge is 0.322 e. The Morgan fingerprint density at radius 3 is 3.00 bits per heavy atom. The van der Waals surface area contributed by atoms with Crippen molar-refractivity contribution in [2.24, 2.45) is 17.6 Å². The quantitative estimate of drug-likeness (QED) is 0.787. The highest BCUT2D eigenvalue weighted by Gasteiger charge is 2.39. The molecular weight excluding hydrogens is 176 g/mol. The predicted octanol–water partition coefficient (Wildman–Crippen LogP) is 1.34. The van der Waals surface area contributed by atoms with E-state index in [0.717, 1.165) is 24.6 Å². The summed E-state index contributed by atoms with van der Waals surface area (Å²) in [6.45, 7) is 5.30. The van der Waals surface area contributed by atoms with Crippen molar-refractivity contribution in [2.75, 3.05) is 0 Å². The normalized spacial score (nSPS) is 27.6. The molecule has 78 valence electrons. The minimum absolute atomic E-state index is 0.131. The third-order valence-electron chi connectivity index (χ3n) is 3.06. The number of nitrogens with two attached hydrogens (primary N) is 1. The summed E-state index contributed by atoms with van der Waals surface area (Å²) in [7, 11) is 0. The summed E-state index contributed by atoms with van der Waals surface area (Å²) in [4.78, 5) is 0. The van der Waals surface area contributed by atoms with Crippen LogP contribution in [0.15, 0.2) is 6.20 Å². The van der Waals surface area contributed by atoms with E-state index in [2.05, 4.69) is 24.2 Å². The van der Waals surface area contributed by atoms with E-state index in [1.807, 2.05) is 10.9 Å². The van der Waals surface area contributed by atoms with E-state index in [0.29, 0.717) is 5.92 Å². The second-order valence-electron chi connectivity index (χ2n) is 4.28. The molecule has 1 aliphatic carbocycles. The molecule has 0 saturated heterocycles. The lowest BCUT2D eigenvalue weighted by Crippen LogP contribution is -2.18. The van der Waals surface area contributed by atoms with Crippen molar-refractivity contribution in [3.05, 3.63) is 11.9 Å². The van der Waals surface area contributed by atoms with Gasteiger partial charge in [0.05, 0.1) is 17.9 Å². The number of aromatic nitrogens is 3. The first-order valence-electron chi connectivity index (χ1n) is 5.38. The maximum absolute atomic E-state index is 6.17. The highest BCUT2D eigenvalue weighted by molar-refractivity contribution is 5.08. The van der Waals surface area contributed by atoms with Gasteiger partial charge in [-0.05, 0) is 24.7 Å². The summed E-state index contributed by atoms with van der Waals surface area (Å²) in [6, 6.07) is 0.131. The smallest absolute Gasteiger partial charge is 0.0757 e. The Balaban J connectivity index is 2.10. The van der Waals surface area contributed by atoms with Crippen LogP contribution < -0.4 is 5.73 Å². The van der Waals surface area contributed by atoms with E-state index in [-0.39, 0.29) is 6.04 Å². The molecule has 4 heteroatoms. The van der Waals surface area contributed by atoms with Gasteiger partial charge in [-0.25, -0.2) is 4.68 Å². The van der Waals surface area contributed by atoms with Crippen molar-refractivity contribution in [3.63, 3.8) is 0 Å². The topological polar surface area (TPSA) is 56.7 Å². The summed E-state index contributed by atoms with van der Waals surface area (Å²) in [5.74, 6) is 1.42. The van der Waals surface area contributed by atoms with E-state index < -0.39 is 0 Å². The lowest BCUT2D eigenvalue weighted by molar-refractivity contribution is 0.494. The number of hydrogen-bond acceptors (Lipinski definition) is 3. The zero-order valence-corrected chi connectivity index (χ0v) is 8.85. The Morgan fingerprint density at radius 2 is 2.43 bits per heavy atom. The van der Waals surface area contributed by atoms with Crippen LogP contribution in [0.5, 0.6) is 0 Å². The van der Waals surface area contributed by atoms with Crippen molar-refractivity contribution in [3.8, 4) is 0 Å². The number of rotatable bonds is 4. The van der Waals surface area contributed by atoms with Gasteiger partial charge in [-0.1, -0.05) is 19.1 Å². The monoisotopic (exact) mass is 194 g/mol. The summed E-state index contributed by atoms with van der Waals surface area (Å²) in [6.07, 6.45) is 4.13. The van der Waals surface area contributed by atoms with Gasteiger partial charge in [-0.2, -0.15) is 0 Å². The third-order valence-corrected chi connectivity index (χ3v) is 3.06. The van der Waals surface area contributed by atoms with E-state index in [1.54, 1.807) is 0 Å². The Hall–Kier alpha value is -0.900. The molecule has 2 rings (SSSR count). The molecule has 1 aromatic rings. The van der Waals surface area contributed by atoms with Gasteiger partial charge in [0.1, 0.15) is 0 Å². The van der Waals surface area contributed by atoms with E-state index >= 15 is 0 Å². The van der Waals surface area contributed by atoms with E-state index in [9.17, 15) is 0 Å². The number of nitrogens with zero attached hydrogens (tertiary/aromatic N) is 3. The minimum atomic E-state index is 0.131. The molecule has 3 unspecified atom stereocenters. The van der Waals surface area contributed by atoms with Crippen LogP contribution in [-0.4, -0.2) is 15.0 Å². The predicted molar refractivity (Wildman–Crippen MR) is 54.5 cm³/mol. The fourth-order valence-electron chi connectivity index (χ4n) is 1.98. The minimum Gasteiger partial charge on any atom is -0.322 e. The maximum Gasteiger partial charge on any atom is 0.0757 e. The molecule has 4 nitrogen and oxygen atoms in total. The van der Waals surface area contributed by atoms with E-state index in [1.165, 1.54) is 6.42 Å². The lowest BCUT2D eigenvalue weighted by atomic mass is 10.1. The van der Waals surface area contributed by atoms with Gasteiger partial charge >= 0.3 is 0 Å². The van der Waals surface area contributed by atoms with E-state index in [4.69, 9.17) is 5.73 Å². The summed E-state index contributed by atoms with van der Waals surface area (Å²) in [5.41, 5.74) is 7.26. The van der Waals surface area contributed by atoms with Crippen LogP contribution in [0.1, 0.15) is 38.4 Å². The highest BCUT2D eigenvalue weighted by atomic mass is 15.4. The van der Waals surface area contributed by atoms with Crippen molar-refractivity contribution < 1.29 is 0 Å². The van der Waals surface area contributed by atoms with Gasteiger partial charge in [0.25, 0.3) is 0 Å². The second-order valence-corrected chi connectivity index (χ2v) is 4.28. The zero-order valence-electron chi connectivity index (χ0n) is 8.85. The lowest BCUT2D eigenvalue weighted by Gasteiger charge is -2.11. The highest BCUT2D eigenvalue weighted by Crippen LogP contribution is 2.45. The van der Waals surface area contributed by atoms with Crippen LogP contribution >= 0.6 is 0 Å². The van der Waals surface area contributed by atoms with Gasteiger partial charge in [0.15, 0.2) is 0 Å². The van der Waals surface area contributed by atoms with Crippen molar-refractivity contribution >= 4 is 0 Å². The van der Waals surface area contributed by atoms with Crippen LogP contribution in [0, 0.1) is 11.8 Å². The fourth-order valence-corrected chi connectivity index (χ4v) is 1.98. The van der Waals surface area contributed by atoms with Gasteiger partial charge in [0.2, 0.25) is 0 Å². The van der Waals surface area contributed by atoms with Gasteiger partial charge in [-0.15, -0.1) is 5.10 Å². The van der Waals surface area contributed by atoms with Crippen molar-refractivity contribution in [2.45, 2.75) is 39.3 Å². The number of aryl methyl sites for hydroxylation is 1. The Bertz CT molecular complexity index is 307. The first-order chi connectivity index (χ1) is 6.74. The van der Waals surface area contributed by atoms with Crippen molar-refractivity contribution in [1.82, 2.24) is 15.0 Å². The maximum atomic E-state index is 6.17. The Morgan fingerprint density at radius 1 is 1.71 bits per heavy atom. The molecule has 1 saturated carbocycles. The molecule has 0 spiro atoms. The average Bonchev–Trinajstić information content (AvgIpc) is 2.72. The molecule has 1 aliphatic rings. The molecule has 1 fully saturated rings. The fraction of sp³-hybridized carbons (Fsp3) is 0.800. The molecular formula is C10H18N4. The van der Waals surface area contributed by atoms with Crippen molar-refractivity contribution in [1.29, 1.82) is 0 Å². The Kier molecular flexibility index (Phi) is 2.54. The SMILES string of the molecule is CCCn1nncc1C(N)C1CC1C. The molecule has 1 aromatic heterocycles. The van der Waals surface area contributed by atoms with Crippen LogP contribution in [0.3, 0.4) is 0 Å². The summed E-state index contributed by atoms with van der Waals surface area (Å²) in [5, 5.41) is 7.98. The first-order valence-corrected chi connectivity index (χ1v) is 5.38. The molecule has 0 bridgehead atoms.